The second kappa shape index (κ2) is 4.67. The topological polar surface area (TPSA) is 29.3 Å². The molecule has 0 aromatic heterocycles. The van der Waals surface area contributed by atoms with Crippen LogP contribution in [0.1, 0.15) is 25.3 Å². The largest absolute Gasteiger partial charge is 0.370 e. The Morgan fingerprint density at radius 1 is 1.40 bits per heavy atom. The fraction of sp³-hybridized carbons (Fsp3) is 0.538. The molecule has 0 saturated carbocycles. The van der Waals surface area contributed by atoms with E-state index in [-0.39, 0.29) is 0 Å². The Morgan fingerprint density at radius 3 is 2.87 bits per heavy atom. The summed E-state index contributed by atoms with van der Waals surface area (Å²) < 4.78 is 0. The van der Waals surface area contributed by atoms with Crippen molar-refractivity contribution in [2.75, 3.05) is 18.0 Å². The fourth-order valence-electron chi connectivity index (χ4n) is 2.31. The lowest BCUT2D eigenvalue weighted by Crippen LogP contribution is -2.26. The third kappa shape index (κ3) is 2.32. The highest BCUT2D eigenvalue weighted by molar-refractivity contribution is 5.54. The van der Waals surface area contributed by atoms with E-state index in [1.54, 1.807) is 0 Å². The summed E-state index contributed by atoms with van der Waals surface area (Å²) in [7, 11) is 0. The summed E-state index contributed by atoms with van der Waals surface area (Å²) in [6.45, 7) is 4.36. The van der Waals surface area contributed by atoms with Crippen LogP contribution < -0.4 is 10.6 Å². The van der Waals surface area contributed by atoms with Gasteiger partial charge in [-0.2, -0.15) is 0 Å². The number of anilines is 1. The maximum absolute atomic E-state index is 5.94. The number of para-hydroxylation sites is 1. The Hall–Kier alpha value is -1.02. The van der Waals surface area contributed by atoms with E-state index in [1.165, 1.54) is 24.1 Å². The molecule has 1 saturated heterocycles. The summed E-state index contributed by atoms with van der Waals surface area (Å²) in [5, 5.41) is 0. The number of hydrogen-bond acceptors (Lipinski definition) is 2. The second-order valence-corrected chi connectivity index (χ2v) is 4.37. The molecule has 1 heterocycles. The number of nitrogens with two attached hydrogens (primary N) is 1. The lowest BCUT2D eigenvalue weighted by atomic mass is 10.1. The Kier molecular flexibility index (Phi) is 3.27. The van der Waals surface area contributed by atoms with Crippen molar-refractivity contribution >= 4 is 5.69 Å². The molecular formula is C13H20N2. The van der Waals surface area contributed by atoms with E-state index in [9.17, 15) is 0 Å². The van der Waals surface area contributed by atoms with Crippen molar-refractivity contribution in [2.24, 2.45) is 5.73 Å². The lowest BCUT2D eigenvalue weighted by molar-refractivity contribution is 0.752. The van der Waals surface area contributed by atoms with Crippen LogP contribution in [-0.4, -0.2) is 19.1 Å². The second-order valence-electron chi connectivity index (χ2n) is 4.37. The molecule has 15 heavy (non-hydrogen) atoms. The summed E-state index contributed by atoms with van der Waals surface area (Å²) >= 11 is 0. The lowest BCUT2D eigenvalue weighted by Gasteiger charge is -2.21. The molecule has 1 unspecified atom stereocenters. The van der Waals surface area contributed by atoms with E-state index in [4.69, 9.17) is 5.73 Å². The predicted molar refractivity (Wildman–Crippen MR) is 65.2 cm³/mol. The summed E-state index contributed by atoms with van der Waals surface area (Å²) in [5.41, 5.74) is 8.81. The summed E-state index contributed by atoms with van der Waals surface area (Å²) in [6, 6.07) is 9.08. The molecule has 0 spiro atoms. The molecule has 1 aliphatic heterocycles. The van der Waals surface area contributed by atoms with Gasteiger partial charge in [0.2, 0.25) is 0 Å². The predicted octanol–water partition coefficient (Wildman–Crippen LogP) is 2.18. The van der Waals surface area contributed by atoms with Crippen LogP contribution in [0.2, 0.25) is 0 Å². The van der Waals surface area contributed by atoms with Crippen molar-refractivity contribution < 1.29 is 0 Å². The van der Waals surface area contributed by atoms with Gasteiger partial charge in [0.05, 0.1) is 0 Å². The monoisotopic (exact) mass is 204 g/mol. The highest BCUT2D eigenvalue weighted by Crippen LogP contribution is 2.24. The quantitative estimate of drug-likeness (QED) is 0.817. The third-order valence-corrected chi connectivity index (χ3v) is 3.08. The molecule has 1 aromatic rings. The molecule has 0 bridgehead atoms. The number of rotatable bonds is 3. The van der Waals surface area contributed by atoms with Crippen LogP contribution >= 0.6 is 0 Å². The zero-order chi connectivity index (χ0) is 10.7. The van der Waals surface area contributed by atoms with Gasteiger partial charge in [0.25, 0.3) is 0 Å². The van der Waals surface area contributed by atoms with Crippen LogP contribution in [0, 0.1) is 0 Å². The van der Waals surface area contributed by atoms with Gasteiger partial charge in [-0.05, 0) is 24.5 Å². The fourth-order valence-corrected chi connectivity index (χ4v) is 2.31. The van der Waals surface area contributed by atoms with Gasteiger partial charge in [0.15, 0.2) is 0 Å². The molecule has 2 N–H and O–H groups in total. The molecule has 1 fully saturated rings. The zero-order valence-electron chi connectivity index (χ0n) is 9.45. The Balaban J connectivity index is 2.19. The molecule has 2 nitrogen and oxygen atoms in total. The Bertz CT molecular complexity index is 322. The van der Waals surface area contributed by atoms with Crippen LogP contribution in [0.5, 0.6) is 0 Å². The van der Waals surface area contributed by atoms with Gasteiger partial charge in [-0.1, -0.05) is 31.5 Å². The van der Waals surface area contributed by atoms with Crippen LogP contribution in [-0.2, 0) is 6.42 Å². The zero-order valence-corrected chi connectivity index (χ0v) is 9.45. The summed E-state index contributed by atoms with van der Waals surface area (Å²) in [4.78, 5) is 2.43. The third-order valence-electron chi connectivity index (χ3n) is 3.08. The van der Waals surface area contributed by atoms with Crippen LogP contribution in [0.3, 0.4) is 0 Å². The van der Waals surface area contributed by atoms with E-state index in [1.807, 2.05) is 0 Å². The van der Waals surface area contributed by atoms with E-state index < -0.39 is 0 Å². The summed E-state index contributed by atoms with van der Waals surface area (Å²) in [6.07, 6.45) is 3.50. The summed E-state index contributed by atoms with van der Waals surface area (Å²) in [5.74, 6) is 0. The average Bonchev–Trinajstić information content (AvgIpc) is 2.66. The maximum Gasteiger partial charge on any atom is 0.0399 e. The molecule has 0 amide bonds. The maximum atomic E-state index is 5.94. The number of aryl methyl sites for hydroxylation is 1. The van der Waals surface area contributed by atoms with Gasteiger partial charge < -0.3 is 10.6 Å². The smallest absolute Gasteiger partial charge is 0.0399 e. The molecular weight excluding hydrogens is 184 g/mol. The molecule has 82 valence electrons. The van der Waals surface area contributed by atoms with Gasteiger partial charge >= 0.3 is 0 Å². The van der Waals surface area contributed by atoms with E-state index in [2.05, 4.69) is 36.1 Å². The van der Waals surface area contributed by atoms with Crippen molar-refractivity contribution in [2.45, 2.75) is 32.2 Å². The molecule has 2 heteroatoms. The van der Waals surface area contributed by atoms with Crippen LogP contribution in [0.25, 0.3) is 0 Å². The van der Waals surface area contributed by atoms with Gasteiger partial charge in [-0.25, -0.2) is 0 Å². The van der Waals surface area contributed by atoms with Crippen molar-refractivity contribution in [3.05, 3.63) is 29.8 Å². The van der Waals surface area contributed by atoms with Gasteiger partial charge in [-0.15, -0.1) is 0 Å². The van der Waals surface area contributed by atoms with Crippen molar-refractivity contribution in [1.82, 2.24) is 0 Å². The molecule has 1 aromatic carbocycles. The first-order valence-corrected chi connectivity index (χ1v) is 5.89. The first-order valence-electron chi connectivity index (χ1n) is 5.89. The molecule has 2 rings (SSSR count). The normalized spacial score (nSPS) is 20.9. The van der Waals surface area contributed by atoms with Crippen molar-refractivity contribution in [3.8, 4) is 0 Å². The minimum absolute atomic E-state index is 0.361. The number of nitrogens with zero attached hydrogens (tertiary/aromatic N) is 1. The van der Waals surface area contributed by atoms with Crippen LogP contribution in [0.4, 0.5) is 5.69 Å². The Labute approximate surface area is 92.1 Å². The van der Waals surface area contributed by atoms with Gasteiger partial charge in [0.1, 0.15) is 0 Å². The van der Waals surface area contributed by atoms with E-state index in [0.29, 0.717) is 6.04 Å². The first kappa shape index (κ1) is 10.5. The highest BCUT2D eigenvalue weighted by atomic mass is 15.2. The van der Waals surface area contributed by atoms with Gasteiger partial charge in [-0.3, -0.25) is 0 Å². The molecule has 1 aliphatic rings. The number of benzene rings is 1. The van der Waals surface area contributed by atoms with Crippen molar-refractivity contribution in [3.63, 3.8) is 0 Å². The minimum atomic E-state index is 0.361. The SMILES string of the molecule is CCCc1ccccc1N1CCC(N)C1. The van der Waals surface area contributed by atoms with Crippen LogP contribution in [0.15, 0.2) is 24.3 Å². The minimum Gasteiger partial charge on any atom is -0.370 e. The first-order chi connectivity index (χ1) is 7.31. The van der Waals surface area contributed by atoms with E-state index in [0.717, 1.165) is 19.5 Å². The number of hydrogen-bond donors (Lipinski definition) is 1. The van der Waals surface area contributed by atoms with E-state index >= 15 is 0 Å². The Morgan fingerprint density at radius 2 is 2.20 bits per heavy atom. The van der Waals surface area contributed by atoms with Crippen molar-refractivity contribution in [1.29, 1.82) is 0 Å². The average molecular weight is 204 g/mol. The molecule has 0 radical (unpaired) electrons. The standard InChI is InChI=1S/C13H20N2/c1-2-5-11-6-3-4-7-13(11)15-9-8-12(14)10-15/h3-4,6-7,12H,2,5,8-10,14H2,1H3. The molecule has 0 aliphatic carbocycles. The molecule has 1 atom stereocenters. The van der Waals surface area contributed by atoms with Gasteiger partial charge in [0, 0.05) is 24.8 Å². The highest BCUT2D eigenvalue weighted by Gasteiger charge is 2.20.